The van der Waals surface area contributed by atoms with Gasteiger partial charge in [0.2, 0.25) is 0 Å². The van der Waals surface area contributed by atoms with Gasteiger partial charge in [0.25, 0.3) is 0 Å². The first-order valence-corrected chi connectivity index (χ1v) is 9.21. The van der Waals surface area contributed by atoms with Crippen molar-refractivity contribution >= 4 is 11.9 Å². The molecule has 0 unspecified atom stereocenters. The number of benzene rings is 1. The molecule has 6 heteroatoms. The Bertz CT molecular complexity index is 671. The Kier molecular flexibility index (Phi) is 5.39. The minimum Gasteiger partial charge on any atom is -0.486 e. The molecule has 0 N–H and O–H groups in total. The van der Waals surface area contributed by atoms with Crippen molar-refractivity contribution in [1.82, 2.24) is 4.90 Å². The summed E-state index contributed by atoms with van der Waals surface area (Å²) in [5.74, 6) is 1.65. The van der Waals surface area contributed by atoms with Crippen LogP contribution in [0.25, 0.3) is 0 Å². The Balaban J connectivity index is 1.52. The number of carbonyl (C=O) groups excluding carboxylic acids is 2. The maximum atomic E-state index is 12.6. The number of hydrogen-bond donors (Lipinski definition) is 0. The summed E-state index contributed by atoms with van der Waals surface area (Å²) in [6, 6.07) is 5.67. The number of ether oxygens (including phenoxy) is 3. The molecule has 1 aromatic carbocycles. The van der Waals surface area contributed by atoms with E-state index in [0.717, 1.165) is 11.3 Å². The highest BCUT2D eigenvalue weighted by molar-refractivity contribution is 5.83. The van der Waals surface area contributed by atoms with Crippen LogP contribution in [-0.4, -0.2) is 48.7 Å². The Morgan fingerprint density at radius 2 is 1.77 bits per heavy atom. The van der Waals surface area contributed by atoms with Gasteiger partial charge >= 0.3 is 6.09 Å². The molecule has 1 aromatic rings. The normalized spacial score (nSPS) is 17.7. The summed E-state index contributed by atoms with van der Waals surface area (Å²) in [7, 11) is 0. The monoisotopic (exact) mass is 361 g/mol. The van der Waals surface area contributed by atoms with Crippen molar-refractivity contribution in [2.45, 2.75) is 45.6 Å². The van der Waals surface area contributed by atoms with E-state index in [-0.39, 0.29) is 17.8 Å². The van der Waals surface area contributed by atoms with Gasteiger partial charge in [-0.05, 0) is 51.3 Å². The van der Waals surface area contributed by atoms with Crippen LogP contribution in [0.3, 0.4) is 0 Å². The van der Waals surface area contributed by atoms with Gasteiger partial charge in [0.15, 0.2) is 11.5 Å². The molecule has 6 nitrogen and oxygen atoms in total. The quantitative estimate of drug-likeness (QED) is 0.827. The molecule has 3 rings (SSSR count). The van der Waals surface area contributed by atoms with Crippen LogP contribution in [0.5, 0.6) is 11.5 Å². The fourth-order valence-electron chi connectivity index (χ4n) is 3.25. The van der Waals surface area contributed by atoms with Crippen LogP contribution in [0.4, 0.5) is 4.79 Å². The molecule has 0 spiro atoms. The van der Waals surface area contributed by atoms with E-state index in [1.54, 1.807) is 4.90 Å². The number of fused-ring (bicyclic) bond motifs is 1. The Morgan fingerprint density at radius 1 is 1.12 bits per heavy atom. The first-order chi connectivity index (χ1) is 12.3. The van der Waals surface area contributed by atoms with Gasteiger partial charge in [-0.3, -0.25) is 4.79 Å². The molecule has 0 aromatic heterocycles. The van der Waals surface area contributed by atoms with E-state index in [2.05, 4.69) is 0 Å². The predicted molar refractivity (Wildman–Crippen MR) is 96.7 cm³/mol. The number of hydrogen-bond acceptors (Lipinski definition) is 5. The summed E-state index contributed by atoms with van der Waals surface area (Å²) < 4.78 is 16.5. The highest BCUT2D eigenvalue weighted by Gasteiger charge is 2.29. The number of amides is 1. The lowest BCUT2D eigenvalue weighted by Gasteiger charge is -2.33. The highest BCUT2D eigenvalue weighted by Crippen LogP contribution is 2.31. The lowest BCUT2D eigenvalue weighted by atomic mass is 9.89. The Labute approximate surface area is 154 Å². The summed E-state index contributed by atoms with van der Waals surface area (Å²) >= 11 is 0. The third kappa shape index (κ3) is 4.68. The average molecular weight is 361 g/mol. The first kappa shape index (κ1) is 18.5. The molecule has 2 heterocycles. The molecular formula is C20H27NO5. The van der Waals surface area contributed by atoms with E-state index in [9.17, 15) is 9.59 Å². The van der Waals surface area contributed by atoms with Crippen LogP contribution in [0.2, 0.25) is 0 Å². The molecule has 142 valence electrons. The van der Waals surface area contributed by atoms with E-state index in [1.807, 2.05) is 39.0 Å². The number of ketones is 1. The summed E-state index contributed by atoms with van der Waals surface area (Å²) in [6.07, 6.45) is 1.45. The van der Waals surface area contributed by atoms with Crippen molar-refractivity contribution in [2.75, 3.05) is 26.3 Å². The number of likely N-dealkylation sites (tertiary alicyclic amines) is 1. The van der Waals surface area contributed by atoms with Gasteiger partial charge < -0.3 is 19.1 Å². The Morgan fingerprint density at radius 3 is 2.42 bits per heavy atom. The lowest BCUT2D eigenvalue weighted by Crippen LogP contribution is -2.43. The topological polar surface area (TPSA) is 65.1 Å². The van der Waals surface area contributed by atoms with Crippen LogP contribution < -0.4 is 9.47 Å². The molecule has 0 saturated carbocycles. The third-order valence-electron chi connectivity index (χ3n) is 4.59. The van der Waals surface area contributed by atoms with Crippen LogP contribution in [-0.2, 0) is 16.0 Å². The van der Waals surface area contributed by atoms with Crippen molar-refractivity contribution in [1.29, 1.82) is 0 Å². The van der Waals surface area contributed by atoms with Gasteiger partial charge in [-0.2, -0.15) is 0 Å². The van der Waals surface area contributed by atoms with Crippen molar-refractivity contribution in [2.24, 2.45) is 5.92 Å². The third-order valence-corrected chi connectivity index (χ3v) is 4.59. The lowest BCUT2D eigenvalue weighted by molar-refractivity contribution is -0.123. The second kappa shape index (κ2) is 7.56. The summed E-state index contributed by atoms with van der Waals surface area (Å²) in [5.41, 5.74) is 0.441. The number of carbonyl (C=O) groups is 2. The van der Waals surface area contributed by atoms with Gasteiger partial charge in [0.05, 0.1) is 0 Å². The van der Waals surface area contributed by atoms with Gasteiger partial charge in [-0.1, -0.05) is 6.07 Å². The second-order valence-corrected chi connectivity index (χ2v) is 7.86. The van der Waals surface area contributed by atoms with Crippen LogP contribution in [0.15, 0.2) is 18.2 Å². The number of rotatable bonds is 3. The molecule has 0 atom stereocenters. The Hall–Kier alpha value is -2.24. The molecular weight excluding hydrogens is 334 g/mol. The number of Topliss-reactive ketones (excluding diaryl/α,β-unsaturated/α-hetero) is 1. The maximum absolute atomic E-state index is 12.6. The smallest absolute Gasteiger partial charge is 0.410 e. The predicted octanol–water partition coefficient (Wildman–Crippen LogP) is 3.22. The van der Waals surface area contributed by atoms with Crippen molar-refractivity contribution in [3.63, 3.8) is 0 Å². The summed E-state index contributed by atoms with van der Waals surface area (Å²) in [6.45, 7) is 7.78. The van der Waals surface area contributed by atoms with Crippen LogP contribution in [0, 0.1) is 5.92 Å². The number of nitrogens with zero attached hydrogens (tertiary/aromatic N) is 1. The standard InChI is InChI=1S/C20H27NO5/c1-20(2,3)26-19(23)21-8-6-15(7-9-21)16(22)12-14-4-5-17-18(13-14)25-11-10-24-17/h4-5,13,15H,6-12H2,1-3H3. The van der Waals surface area contributed by atoms with E-state index in [0.29, 0.717) is 51.3 Å². The molecule has 0 aliphatic carbocycles. The van der Waals surface area contributed by atoms with Gasteiger partial charge in [-0.15, -0.1) is 0 Å². The van der Waals surface area contributed by atoms with Crippen molar-refractivity contribution < 1.29 is 23.8 Å². The zero-order valence-corrected chi connectivity index (χ0v) is 15.7. The molecule has 1 fully saturated rings. The molecule has 0 bridgehead atoms. The zero-order chi connectivity index (χ0) is 18.7. The molecule has 2 aliphatic heterocycles. The average Bonchev–Trinajstić information content (AvgIpc) is 2.60. The SMILES string of the molecule is CC(C)(C)OC(=O)N1CCC(C(=O)Cc2ccc3c(c2)OCCO3)CC1. The van der Waals surface area contributed by atoms with E-state index >= 15 is 0 Å². The number of piperidine rings is 1. The second-order valence-electron chi connectivity index (χ2n) is 7.86. The van der Waals surface area contributed by atoms with E-state index < -0.39 is 5.60 Å². The van der Waals surface area contributed by atoms with E-state index in [1.165, 1.54) is 0 Å². The van der Waals surface area contributed by atoms with Gasteiger partial charge in [0, 0.05) is 25.4 Å². The van der Waals surface area contributed by atoms with Crippen LogP contribution >= 0.6 is 0 Å². The summed E-state index contributed by atoms with van der Waals surface area (Å²) in [5, 5.41) is 0. The van der Waals surface area contributed by atoms with Gasteiger partial charge in [0.1, 0.15) is 24.6 Å². The van der Waals surface area contributed by atoms with Crippen molar-refractivity contribution in [3.05, 3.63) is 23.8 Å². The molecule has 2 aliphatic rings. The molecule has 1 amide bonds. The van der Waals surface area contributed by atoms with Gasteiger partial charge in [-0.25, -0.2) is 4.79 Å². The molecule has 0 radical (unpaired) electrons. The minimum absolute atomic E-state index is 0.0121. The minimum atomic E-state index is -0.498. The molecule has 1 saturated heterocycles. The largest absolute Gasteiger partial charge is 0.486 e. The zero-order valence-electron chi connectivity index (χ0n) is 15.7. The fourth-order valence-corrected chi connectivity index (χ4v) is 3.25. The van der Waals surface area contributed by atoms with Crippen molar-refractivity contribution in [3.8, 4) is 11.5 Å². The fraction of sp³-hybridized carbons (Fsp3) is 0.600. The highest BCUT2D eigenvalue weighted by atomic mass is 16.6. The molecule has 26 heavy (non-hydrogen) atoms. The maximum Gasteiger partial charge on any atom is 0.410 e. The van der Waals surface area contributed by atoms with E-state index in [4.69, 9.17) is 14.2 Å². The summed E-state index contributed by atoms with van der Waals surface area (Å²) in [4.78, 5) is 26.4. The first-order valence-electron chi connectivity index (χ1n) is 9.21. The van der Waals surface area contributed by atoms with Crippen LogP contribution in [0.1, 0.15) is 39.2 Å².